The molecule has 384 valence electrons. The van der Waals surface area contributed by atoms with Crippen LogP contribution in [-0.4, -0.2) is 116 Å². The third-order valence-electron chi connectivity index (χ3n) is 12.3. The van der Waals surface area contributed by atoms with Crippen LogP contribution in [-0.2, 0) is 29.3 Å². The molecule has 1 aliphatic carbocycles. The highest BCUT2D eigenvalue weighted by atomic mass is 32.2. The average Bonchev–Trinajstić information content (AvgIpc) is 4.02. The van der Waals surface area contributed by atoms with Crippen LogP contribution in [0.25, 0.3) is 21.5 Å². The molecule has 2 aliphatic heterocycles. The molecule has 2 fully saturated rings. The fraction of sp³-hybridized carbons (Fsp3) is 0.365. The van der Waals surface area contributed by atoms with Gasteiger partial charge in [-0.3, -0.25) is 14.4 Å². The van der Waals surface area contributed by atoms with Gasteiger partial charge in [0.15, 0.2) is 16.6 Å². The molecule has 0 radical (unpaired) electrons. The molecule has 1 saturated heterocycles. The summed E-state index contributed by atoms with van der Waals surface area (Å²) in [7, 11) is 1.86. The van der Waals surface area contributed by atoms with Crippen molar-refractivity contribution in [1.29, 1.82) is 0 Å². The van der Waals surface area contributed by atoms with Crippen molar-refractivity contribution < 1.29 is 46.9 Å². The van der Waals surface area contributed by atoms with E-state index in [-0.39, 0.29) is 35.1 Å². The van der Waals surface area contributed by atoms with Gasteiger partial charge >= 0.3 is 6.29 Å². The predicted octanol–water partition coefficient (Wildman–Crippen LogP) is 8.08. The van der Waals surface area contributed by atoms with Gasteiger partial charge in [0.25, 0.3) is 5.91 Å². The molecule has 1 saturated carbocycles. The standard InChI is InChI=1S/C31H34F2N4O6.C21H23N5O2S2/c1-20-6-9-26(37-29(39)30(10-11-30)23-7-8-24-25(19-23)43-31(32,33)42-24)36-27(20)21-4-3-5-22(18-21)28(38)35-13-15-41-17-16-40-14-12-34-2;27-13-3-10-26-11-7-15(8-12-26)20(28)24-21-23-17-14-16(5-6-18(17)29-21)25-30-19-4-1-2-9-22-19/h3-9,18-19,34H,10-17H2,1-2H3,(H,35,38)(H,36,37,39);1-2,4-6,9,13-15,25H,3,7-8,10-12H2,(H,23,24,28). The fourth-order valence-corrected chi connectivity index (χ4v) is 9.67. The number of alkyl halides is 2. The van der Waals surface area contributed by atoms with Crippen LogP contribution < -0.4 is 35.5 Å². The van der Waals surface area contributed by atoms with Gasteiger partial charge in [0, 0.05) is 66.9 Å². The van der Waals surface area contributed by atoms with E-state index in [0.29, 0.717) is 85.6 Å². The number of thiazole rings is 1. The number of nitrogens with one attached hydrogen (secondary N) is 5. The fourth-order valence-electron chi connectivity index (χ4n) is 8.21. The van der Waals surface area contributed by atoms with Crippen LogP contribution in [0, 0.1) is 12.8 Å². The highest BCUT2D eigenvalue weighted by Crippen LogP contribution is 2.52. The summed E-state index contributed by atoms with van der Waals surface area (Å²) < 4.78 is 51.2. The Morgan fingerprint density at radius 1 is 0.877 bits per heavy atom. The maximum absolute atomic E-state index is 13.5. The lowest BCUT2D eigenvalue weighted by atomic mass is 9.94. The summed E-state index contributed by atoms with van der Waals surface area (Å²) in [5.41, 5.74) is 4.14. The first-order valence-electron chi connectivity index (χ1n) is 24.0. The zero-order valence-corrected chi connectivity index (χ0v) is 42.1. The molecule has 9 rings (SSSR count). The summed E-state index contributed by atoms with van der Waals surface area (Å²) in [5.74, 6) is -0.328. The number of rotatable bonds is 22. The van der Waals surface area contributed by atoms with Gasteiger partial charge in [-0.15, -0.1) is 8.78 Å². The van der Waals surface area contributed by atoms with Crippen molar-refractivity contribution in [1.82, 2.24) is 30.5 Å². The van der Waals surface area contributed by atoms with Crippen molar-refractivity contribution in [2.75, 3.05) is 81.6 Å². The second kappa shape index (κ2) is 24.9. The Balaban J connectivity index is 0.000000207. The van der Waals surface area contributed by atoms with Crippen molar-refractivity contribution in [3.63, 3.8) is 0 Å². The first-order chi connectivity index (χ1) is 35.4. The minimum absolute atomic E-state index is 0.00325. The van der Waals surface area contributed by atoms with Crippen LogP contribution in [0.2, 0.25) is 0 Å². The molecule has 3 aliphatic rings. The number of hydrogen-bond donors (Lipinski definition) is 5. The van der Waals surface area contributed by atoms with Crippen LogP contribution in [0.4, 0.5) is 25.4 Å². The van der Waals surface area contributed by atoms with E-state index < -0.39 is 11.7 Å². The quantitative estimate of drug-likeness (QED) is 0.0248. The Morgan fingerprint density at radius 3 is 2.42 bits per heavy atom. The minimum atomic E-state index is -3.73. The molecular formula is C52H57F2N9O8S2. The molecule has 5 N–H and O–H groups in total. The Hall–Kier alpha value is -6.62. The Morgan fingerprint density at radius 2 is 1.67 bits per heavy atom. The highest BCUT2D eigenvalue weighted by molar-refractivity contribution is 8.00. The van der Waals surface area contributed by atoms with Crippen molar-refractivity contribution in [3.05, 3.63) is 114 Å². The number of nitrogens with zero attached hydrogens (tertiary/aromatic N) is 4. The summed E-state index contributed by atoms with van der Waals surface area (Å²) in [5, 5.41) is 13.2. The Kier molecular flexibility index (Phi) is 18.0. The lowest BCUT2D eigenvalue weighted by Gasteiger charge is -2.30. The SMILES string of the molecule is CNCCOCCOCCNC(=O)c1cccc(-c2nc(NC(=O)C3(c4ccc5c(c4)OC(F)(F)O5)CC3)ccc2C)c1.O=CCCN1CCC(C(=O)Nc2nc3cc(NSc4ccccn4)ccc3s2)CC1. The third kappa shape index (κ3) is 14.3. The highest BCUT2D eigenvalue weighted by Gasteiger charge is 2.53. The van der Waals surface area contributed by atoms with Gasteiger partial charge in [0.05, 0.1) is 47.8 Å². The molecule has 6 aromatic rings. The van der Waals surface area contributed by atoms with E-state index in [4.69, 9.17) is 9.47 Å². The van der Waals surface area contributed by atoms with Gasteiger partial charge in [0.1, 0.15) is 17.1 Å². The Labute approximate surface area is 429 Å². The normalized spacial score (nSPS) is 15.5. The second-order valence-corrected chi connectivity index (χ2v) is 19.4. The van der Waals surface area contributed by atoms with E-state index in [2.05, 4.69) is 55.3 Å². The van der Waals surface area contributed by atoms with E-state index >= 15 is 0 Å². The minimum Gasteiger partial charge on any atom is -0.395 e. The second-order valence-electron chi connectivity index (χ2n) is 17.5. The topological polar surface area (TPSA) is 207 Å². The number of anilines is 3. The molecule has 21 heteroatoms. The molecule has 17 nitrogen and oxygen atoms in total. The average molecular weight is 1040 g/mol. The maximum Gasteiger partial charge on any atom is 0.586 e. The molecular weight excluding hydrogens is 981 g/mol. The van der Waals surface area contributed by atoms with Crippen molar-refractivity contribution in [2.45, 2.75) is 55.8 Å². The number of piperidine rings is 1. The number of benzene rings is 3. The van der Waals surface area contributed by atoms with E-state index in [9.17, 15) is 28.0 Å². The van der Waals surface area contributed by atoms with E-state index in [0.717, 1.165) is 71.8 Å². The monoisotopic (exact) mass is 1040 g/mol. The van der Waals surface area contributed by atoms with Gasteiger partial charge in [-0.2, -0.15) is 0 Å². The van der Waals surface area contributed by atoms with Crippen LogP contribution in [0.5, 0.6) is 11.5 Å². The zero-order chi connectivity index (χ0) is 51.2. The number of amides is 3. The van der Waals surface area contributed by atoms with Crippen LogP contribution in [0.15, 0.2) is 102 Å². The summed E-state index contributed by atoms with van der Waals surface area (Å²) in [6.07, 6.45) is 2.28. The van der Waals surface area contributed by atoms with Gasteiger partial charge in [-0.05, 0) is 125 Å². The van der Waals surface area contributed by atoms with Crippen molar-refractivity contribution >= 4 is 74.1 Å². The Bertz CT molecular complexity index is 2870. The number of aromatic nitrogens is 3. The molecule has 73 heavy (non-hydrogen) atoms. The number of aldehydes is 1. The molecule has 0 bridgehead atoms. The maximum atomic E-state index is 13.5. The van der Waals surface area contributed by atoms with Crippen molar-refractivity contribution in [3.8, 4) is 22.8 Å². The first-order valence-corrected chi connectivity index (χ1v) is 25.6. The summed E-state index contributed by atoms with van der Waals surface area (Å²) in [4.78, 5) is 65.1. The van der Waals surface area contributed by atoms with Gasteiger partial charge in [0.2, 0.25) is 11.8 Å². The molecule has 5 heterocycles. The molecule has 3 amide bonds. The van der Waals surface area contributed by atoms with E-state index in [1.165, 1.54) is 35.4 Å². The lowest BCUT2D eigenvalue weighted by Crippen LogP contribution is -2.38. The molecule has 0 unspecified atom stereocenters. The van der Waals surface area contributed by atoms with E-state index in [1.807, 2.05) is 62.5 Å². The summed E-state index contributed by atoms with van der Waals surface area (Å²) in [6.45, 7) is 7.44. The molecule has 3 aromatic heterocycles. The van der Waals surface area contributed by atoms with Crippen LogP contribution in [0.3, 0.4) is 0 Å². The number of aryl methyl sites for hydroxylation is 1. The summed E-state index contributed by atoms with van der Waals surface area (Å²) in [6, 6.07) is 26.8. The van der Waals surface area contributed by atoms with E-state index in [1.54, 1.807) is 36.5 Å². The number of fused-ring (bicyclic) bond motifs is 2. The number of pyridine rings is 2. The molecule has 0 atom stereocenters. The number of likely N-dealkylation sites (tertiary alicyclic amines) is 1. The van der Waals surface area contributed by atoms with Gasteiger partial charge in [-0.25, -0.2) is 15.0 Å². The molecule has 3 aromatic carbocycles. The molecule has 0 spiro atoms. The lowest BCUT2D eigenvalue weighted by molar-refractivity contribution is -0.286. The van der Waals surface area contributed by atoms with Gasteiger partial charge in [-0.1, -0.05) is 41.7 Å². The number of likely N-dealkylation sites (N-methyl/N-ethyl adjacent to an activating group) is 1. The number of carbonyl (C=O) groups is 4. The third-order valence-corrected chi connectivity index (χ3v) is 14.1. The number of halogens is 2. The van der Waals surface area contributed by atoms with Crippen molar-refractivity contribution in [2.24, 2.45) is 5.92 Å². The van der Waals surface area contributed by atoms with Crippen LogP contribution in [0.1, 0.15) is 53.6 Å². The summed E-state index contributed by atoms with van der Waals surface area (Å²) >= 11 is 2.93. The predicted molar refractivity (Wildman–Crippen MR) is 276 cm³/mol. The smallest absolute Gasteiger partial charge is 0.395 e. The number of ether oxygens (including phenoxy) is 4. The van der Waals surface area contributed by atoms with Crippen LogP contribution >= 0.6 is 23.3 Å². The number of hydrogen-bond acceptors (Lipinski definition) is 16. The van der Waals surface area contributed by atoms with Gasteiger partial charge < -0.3 is 54.6 Å². The first kappa shape index (κ1) is 52.7. The largest absolute Gasteiger partial charge is 0.586 e. The zero-order valence-electron chi connectivity index (χ0n) is 40.4. The number of carbonyl (C=O) groups excluding carboxylic acids is 4.